The Morgan fingerprint density at radius 1 is 1.42 bits per heavy atom. The van der Waals surface area contributed by atoms with Crippen LogP contribution in [0.4, 0.5) is 5.69 Å². The van der Waals surface area contributed by atoms with Crippen LogP contribution in [0.25, 0.3) is 0 Å². The van der Waals surface area contributed by atoms with E-state index in [4.69, 9.17) is 4.74 Å². The Hall–Kier alpha value is -1.72. The molecule has 1 aliphatic rings. The molecule has 128 valence electrons. The first-order chi connectivity index (χ1) is 11.6. The van der Waals surface area contributed by atoms with Crippen LogP contribution in [0.2, 0.25) is 0 Å². The Morgan fingerprint density at radius 3 is 3.04 bits per heavy atom. The topological polar surface area (TPSA) is 51.2 Å². The minimum atomic E-state index is -0.168. The number of benzene rings is 1. The van der Waals surface area contributed by atoms with E-state index in [0.717, 1.165) is 35.0 Å². The molecule has 0 unspecified atom stereocenters. The molecule has 3 rings (SSSR count). The molecule has 1 saturated carbocycles. The molecular weight excluding hydrogens is 320 g/mol. The SMILES string of the molecule is Cc1nc(C(=O)Nc2cccc(CO[C@H]3CCC[C@H](C)C3)c2)cs1. The summed E-state index contributed by atoms with van der Waals surface area (Å²) >= 11 is 1.48. The lowest BCUT2D eigenvalue weighted by molar-refractivity contribution is 0.00468. The van der Waals surface area contributed by atoms with Crippen molar-refractivity contribution in [3.8, 4) is 0 Å². The Morgan fingerprint density at radius 2 is 2.29 bits per heavy atom. The maximum atomic E-state index is 12.2. The van der Waals surface area contributed by atoms with Gasteiger partial charge in [0.15, 0.2) is 0 Å². The molecule has 24 heavy (non-hydrogen) atoms. The Balaban J connectivity index is 1.56. The highest BCUT2D eigenvalue weighted by atomic mass is 32.1. The predicted molar refractivity (Wildman–Crippen MR) is 97.5 cm³/mol. The van der Waals surface area contributed by atoms with E-state index in [-0.39, 0.29) is 5.91 Å². The predicted octanol–water partition coefficient (Wildman–Crippen LogP) is 4.80. The number of ether oxygens (including phenoxy) is 1. The molecule has 1 aliphatic carbocycles. The van der Waals surface area contributed by atoms with Crippen molar-refractivity contribution in [3.05, 3.63) is 45.9 Å². The van der Waals surface area contributed by atoms with Gasteiger partial charge < -0.3 is 10.1 Å². The third-order valence-corrected chi connectivity index (χ3v) is 5.18. The number of nitrogens with one attached hydrogen (secondary N) is 1. The first-order valence-electron chi connectivity index (χ1n) is 8.54. The molecule has 0 saturated heterocycles. The molecule has 1 aromatic carbocycles. The van der Waals surface area contributed by atoms with Gasteiger partial charge in [0.25, 0.3) is 5.91 Å². The summed E-state index contributed by atoms with van der Waals surface area (Å²) in [5, 5.41) is 5.58. The van der Waals surface area contributed by atoms with Crippen molar-refractivity contribution in [2.45, 2.75) is 52.2 Å². The molecule has 1 aromatic heterocycles. The van der Waals surface area contributed by atoms with Crippen LogP contribution in [0.5, 0.6) is 0 Å². The van der Waals surface area contributed by atoms with Crippen molar-refractivity contribution in [1.82, 2.24) is 4.98 Å². The van der Waals surface area contributed by atoms with Crippen LogP contribution in [-0.2, 0) is 11.3 Å². The van der Waals surface area contributed by atoms with E-state index >= 15 is 0 Å². The molecule has 0 radical (unpaired) electrons. The van der Waals surface area contributed by atoms with Crippen molar-refractivity contribution in [2.75, 3.05) is 5.32 Å². The van der Waals surface area contributed by atoms with E-state index in [0.29, 0.717) is 18.4 Å². The molecule has 4 nitrogen and oxygen atoms in total. The van der Waals surface area contributed by atoms with Gasteiger partial charge in [0.2, 0.25) is 0 Å². The molecule has 1 N–H and O–H groups in total. The number of hydrogen-bond acceptors (Lipinski definition) is 4. The highest BCUT2D eigenvalue weighted by molar-refractivity contribution is 7.09. The lowest BCUT2D eigenvalue weighted by Gasteiger charge is -2.26. The monoisotopic (exact) mass is 344 g/mol. The van der Waals surface area contributed by atoms with Crippen molar-refractivity contribution in [1.29, 1.82) is 0 Å². The van der Waals surface area contributed by atoms with Crippen LogP contribution in [0.15, 0.2) is 29.6 Å². The molecular formula is C19H24N2O2S. The van der Waals surface area contributed by atoms with E-state index in [1.165, 1.54) is 24.2 Å². The van der Waals surface area contributed by atoms with E-state index < -0.39 is 0 Å². The van der Waals surface area contributed by atoms with Gasteiger partial charge in [-0.25, -0.2) is 4.98 Å². The molecule has 1 amide bonds. The highest BCUT2D eigenvalue weighted by Crippen LogP contribution is 2.26. The fourth-order valence-corrected chi connectivity index (χ4v) is 3.74. The summed E-state index contributed by atoms with van der Waals surface area (Å²) in [5.74, 6) is 0.592. The van der Waals surface area contributed by atoms with Gasteiger partial charge in [0.1, 0.15) is 5.69 Å². The first kappa shape index (κ1) is 17.1. The van der Waals surface area contributed by atoms with Crippen LogP contribution in [0.3, 0.4) is 0 Å². The molecule has 1 heterocycles. The number of hydrogen-bond donors (Lipinski definition) is 1. The number of carbonyl (C=O) groups is 1. The summed E-state index contributed by atoms with van der Waals surface area (Å²) < 4.78 is 6.06. The first-order valence-corrected chi connectivity index (χ1v) is 9.42. The van der Waals surface area contributed by atoms with E-state index in [2.05, 4.69) is 17.2 Å². The highest BCUT2D eigenvalue weighted by Gasteiger charge is 2.19. The molecule has 2 aromatic rings. The molecule has 0 spiro atoms. The van der Waals surface area contributed by atoms with Gasteiger partial charge in [-0.15, -0.1) is 11.3 Å². The van der Waals surface area contributed by atoms with Gasteiger partial charge >= 0.3 is 0 Å². The quantitative estimate of drug-likeness (QED) is 0.847. The Kier molecular flexibility index (Phi) is 5.63. The minimum absolute atomic E-state index is 0.168. The van der Waals surface area contributed by atoms with Crippen molar-refractivity contribution in [2.24, 2.45) is 5.92 Å². The zero-order valence-corrected chi connectivity index (χ0v) is 15.1. The number of carbonyl (C=O) groups excluding carboxylic acids is 1. The molecule has 0 aliphatic heterocycles. The summed E-state index contributed by atoms with van der Waals surface area (Å²) in [4.78, 5) is 16.4. The number of amides is 1. The summed E-state index contributed by atoms with van der Waals surface area (Å²) in [6.07, 6.45) is 5.25. The van der Waals surface area contributed by atoms with Crippen LogP contribution in [-0.4, -0.2) is 17.0 Å². The largest absolute Gasteiger partial charge is 0.374 e. The third kappa shape index (κ3) is 4.65. The normalized spacial score (nSPS) is 20.8. The van der Waals surface area contributed by atoms with Gasteiger partial charge in [-0.05, 0) is 43.4 Å². The maximum Gasteiger partial charge on any atom is 0.275 e. The third-order valence-electron chi connectivity index (χ3n) is 4.41. The van der Waals surface area contributed by atoms with Crippen LogP contribution >= 0.6 is 11.3 Å². The minimum Gasteiger partial charge on any atom is -0.374 e. The van der Waals surface area contributed by atoms with E-state index in [1.807, 2.05) is 31.2 Å². The van der Waals surface area contributed by atoms with Crippen molar-refractivity contribution >= 4 is 22.9 Å². The summed E-state index contributed by atoms with van der Waals surface area (Å²) in [6, 6.07) is 7.85. The fraction of sp³-hybridized carbons (Fsp3) is 0.474. The van der Waals surface area contributed by atoms with Gasteiger partial charge in [0.05, 0.1) is 17.7 Å². The zero-order valence-electron chi connectivity index (χ0n) is 14.2. The smallest absolute Gasteiger partial charge is 0.275 e. The van der Waals surface area contributed by atoms with Crippen molar-refractivity contribution < 1.29 is 9.53 Å². The summed E-state index contributed by atoms with van der Waals surface area (Å²) in [7, 11) is 0. The van der Waals surface area contributed by atoms with Crippen LogP contribution in [0.1, 0.15) is 53.7 Å². The van der Waals surface area contributed by atoms with Crippen molar-refractivity contribution in [3.63, 3.8) is 0 Å². The van der Waals surface area contributed by atoms with Gasteiger partial charge in [0, 0.05) is 11.1 Å². The van der Waals surface area contributed by atoms with E-state index in [9.17, 15) is 4.79 Å². The van der Waals surface area contributed by atoms with E-state index in [1.54, 1.807) is 5.38 Å². The number of rotatable bonds is 5. The number of aryl methyl sites for hydroxylation is 1. The zero-order chi connectivity index (χ0) is 16.9. The molecule has 2 atom stereocenters. The second-order valence-electron chi connectivity index (χ2n) is 6.61. The summed E-state index contributed by atoms with van der Waals surface area (Å²) in [5.41, 5.74) is 2.33. The Bertz CT molecular complexity index is 698. The maximum absolute atomic E-state index is 12.2. The van der Waals surface area contributed by atoms with Crippen LogP contribution in [0, 0.1) is 12.8 Å². The standard InChI is InChI=1S/C19H24N2O2S/c1-13-5-3-8-17(9-13)23-11-15-6-4-7-16(10-15)21-19(22)18-12-24-14(2)20-18/h4,6-7,10,12-13,17H,3,5,8-9,11H2,1-2H3,(H,21,22)/t13-,17-/m0/s1. The lowest BCUT2D eigenvalue weighted by Crippen LogP contribution is -2.21. The fourth-order valence-electron chi connectivity index (χ4n) is 3.15. The number of nitrogens with zero attached hydrogens (tertiary/aromatic N) is 1. The van der Waals surface area contributed by atoms with Gasteiger partial charge in [-0.2, -0.15) is 0 Å². The second-order valence-corrected chi connectivity index (χ2v) is 7.67. The number of anilines is 1. The van der Waals surface area contributed by atoms with Gasteiger partial charge in [-0.1, -0.05) is 31.9 Å². The average Bonchev–Trinajstić information content (AvgIpc) is 3.00. The average molecular weight is 344 g/mol. The molecule has 5 heteroatoms. The van der Waals surface area contributed by atoms with Gasteiger partial charge in [-0.3, -0.25) is 4.79 Å². The second kappa shape index (κ2) is 7.90. The summed E-state index contributed by atoms with van der Waals surface area (Å²) in [6.45, 7) is 4.79. The molecule has 0 bridgehead atoms. The lowest BCUT2D eigenvalue weighted by atomic mass is 9.89. The number of aromatic nitrogens is 1. The number of thiazole rings is 1. The van der Waals surface area contributed by atoms with Crippen LogP contribution < -0.4 is 5.32 Å². The molecule has 1 fully saturated rings. The Labute approximate surface area is 147 Å².